The second-order valence-electron chi connectivity index (χ2n) is 3.48. The van der Waals surface area contributed by atoms with E-state index >= 15 is 0 Å². The number of benzene rings is 2. The number of halogens is 2. The van der Waals surface area contributed by atoms with Crippen LogP contribution in [0.4, 0.5) is 0 Å². The van der Waals surface area contributed by atoms with Crippen molar-refractivity contribution < 1.29 is 8.42 Å². The summed E-state index contributed by atoms with van der Waals surface area (Å²) >= 11 is 5.88. The Bertz CT molecular complexity index is 651. The average molecular weight is 287 g/mol. The third-order valence-electron chi connectivity index (χ3n) is 2.27. The van der Waals surface area contributed by atoms with E-state index in [0.717, 1.165) is 11.1 Å². The molecule has 0 unspecified atom stereocenters. The topological polar surface area (TPSA) is 34.1 Å². The van der Waals surface area contributed by atoms with E-state index in [9.17, 15) is 8.42 Å². The van der Waals surface area contributed by atoms with Gasteiger partial charge in [-0.3, -0.25) is 0 Å². The van der Waals surface area contributed by atoms with Crippen LogP contribution in [0, 0.1) is 0 Å². The van der Waals surface area contributed by atoms with Crippen LogP contribution in [-0.4, -0.2) is 8.42 Å². The van der Waals surface area contributed by atoms with Gasteiger partial charge in [0.15, 0.2) is 0 Å². The SMILES string of the molecule is O=S(=O)(Cl)c1cccc(-c2cccc(Cl)c2)c1. The van der Waals surface area contributed by atoms with Crippen LogP contribution in [0.3, 0.4) is 0 Å². The molecular weight excluding hydrogens is 279 g/mol. The molecule has 5 heteroatoms. The molecule has 0 N–H and O–H groups in total. The molecule has 0 aliphatic rings. The summed E-state index contributed by atoms with van der Waals surface area (Å²) in [5.41, 5.74) is 1.61. The van der Waals surface area contributed by atoms with Gasteiger partial charge in [-0.15, -0.1) is 0 Å². The summed E-state index contributed by atoms with van der Waals surface area (Å²) in [6.45, 7) is 0. The molecule has 0 saturated carbocycles. The highest BCUT2D eigenvalue weighted by molar-refractivity contribution is 8.13. The first kappa shape index (κ1) is 12.4. The lowest BCUT2D eigenvalue weighted by Gasteiger charge is -2.03. The van der Waals surface area contributed by atoms with E-state index < -0.39 is 9.05 Å². The van der Waals surface area contributed by atoms with Crippen LogP contribution >= 0.6 is 22.3 Å². The Balaban J connectivity index is 2.54. The number of hydrogen-bond donors (Lipinski definition) is 0. The Labute approximate surface area is 109 Å². The van der Waals surface area contributed by atoms with Gasteiger partial charge in [-0.05, 0) is 35.4 Å². The van der Waals surface area contributed by atoms with E-state index in [4.69, 9.17) is 22.3 Å². The predicted molar refractivity (Wildman–Crippen MR) is 69.9 cm³/mol. The highest BCUT2D eigenvalue weighted by Crippen LogP contribution is 2.26. The molecule has 0 aliphatic carbocycles. The van der Waals surface area contributed by atoms with Crippen molar-refractivity contribution in [2.75, 3.05) is 0 Å². The second kappa shape index (κ2) is 4.69. The molecule has 0 aromatic heterocycles. The van der Waals surface area contributed by atoms with E-state index in [-0.39, 0.29) is 4.90 Å². The minimum Gasteiger partial charge on any atom is -0.207 e. The average Bonchev–Trinajstić information content (AvgIpc) is 2.28. The highest BCUT2D eigenvalue weighted by Gasteiger charge is 2.10. The molecule has 0 radical (unpaired) electrons. The Hall–Kier alpha value is -1.03. The highest BCUT2D eigenvalue weighted by atomic mass is 35.7. The van der Waals surface area contributed by atoms with E-state index in [1.807, 2.05) is 6.07 Å². The quantitative estimate of drug-likeness (QED) is 0.784. The zero-order valence-corrected chi connectivity index (χ0v) is 10.9. The third-order valence-corrected chi connectivity index (χ3v) is 3.86. The lowest BCUT2D eigenvalue weighted by molar-refractivity contribution is 0.609. The maximum absolute atomic E-state index is 11.2. The van der Waals surface area contributed by atoms with Gasteiger partial charge in [0.2, 0.25) is 0 Å². The zero-order chi connectivity index (χ0) is 12.5. The van der Waals surface area contributed by atoms with Crippen LogP contribution in [0.2, 0.25) is 5.02 Å². The fourth-order valence-corrected chi connectivity index (χ4v) is 2.48. The number of rotatable bonds is 2. The summed E-state index contributed by atoms with van der Waals surface area (Å²) in [7, 11) is 1.59. The fraction of sp³-hybridized carbons (Fsp3) is 0. The summed E-state index contributed by atoms with van der Waals surface area (Å²) in [5, 5.41) is 0.599. The molecule has 2 aromatic rings. The van der Waals surface area contributed by atoms with E-state index in [1.54, 1.807) is 30.3 Å². The normalized spacial score (nSPS) is 11.4. The maximum atomic E-state index is 11.2. The molecule has 0 spiro atoms. The summed E-state index contributed by atoms with van der Waals surface area (Å²) in [6.07, 6.45) is 0. The van der Waals surface area contributed by atoms with Crippen LogP contribution in [0.25, 0.3) is 11.1 Å². The van der Waals surface area contributed by atoms with E-state index in [2.05, 4.69) is 0 Å². The van der Waals surface area contributed by atoms with Gasteiger partial charge in [0, 0.05) is 15.7 Å². The van der Waals surface area contributed by atoms with Gasteiger partial charge in [-0.1, -0.05) is 35.9 Å². The molecule has 0 atom stereocenters. The number of hydrogen-bond acceptors (Lipinski definition) is 2. The fourth-order valence-electron chi connectivity index (χ4n) is 1.50. The first-order valence-electron chi connectivity index (χ1n) is 4.77. The summed E-state index contributed by atoms with van der Waals surface area (Å²) in [5.74, 6) is 0. The smallest absolute Gasteiger partial charge is 0.207 e. The Morgan fingerprint density at radius 3 is 2.06 bits per heavy atom. The molecule has 2 rings (SSSR count). The standard InChI is InChI=1S/C12H8Cl2O2S/c13-11-5-1-3-9(7-11)10-4-2-6-12(8-10)17(14,15)16/h1-8H. The van der Waals surface area contributed by atoms with Gasteiger partial charge in [0.25, 0.3) is 9.05 Å². The molecule has 0 heterocycles. The van der Waals surface area contributed by atoms with Crippen molar-refractivity contribution in [2.45, 2.75) is 4.90 Å². The minimum atomic E-state index is -3.70. The molecule has 0 fully saturated rings. The molecule has 0 bridgehead atoms. The molecule has 88 valence electrons. The van der Waals surface area contributed by atoms with Crippen molar-refractivity contribution in [1.82, 2.24) is 0 Å². The Kier molecular flexibility index (Phi) is 3.43. The first-order valence-corrected chi connectivity index (χ1v) is 7.46. The largest absolute Gasteiger partial charge is 0.261 e. The van der Waals surface area contributed by atoms with E-state index in [0.29, 0.717) is 5.02 Å². The van der Waals surface area contributed by atoms with Crippen LogP contribution in [0.15, 0.2) is 53.4 Å². The second-order valence-corrected chi connectivity index (χ2v) is 6.48. The van der Waals surface area contributed by atoms with Gasteiger partial charge in [0.05, 0.1) is 4.90 Å². The minimum absolute atomic E-state index is 0.0802. The van der Waals surface area contributed by atoms with Crippen LogP contribution in [0.1, 0.15) is 0 Å². The van der Waals surface area contributed by atoms with Crippen molar-refractivity contribution >= 4 is 31.3 Å². The predicted octanol–water partition coefficient (Wildman–Crippen LogP) is 3.93. The first-order chi connectivity index (χ1) is 7.97. The van der Waals surface area contributed by atoms with Crippen molar-refractivity contribution in [3.05, 3.63) is 53.6 Å². The molecule has 2 nitrogen and oxygen atoms in total. The summed E-state index contributed by atoms with van der Waals surface area (Å²) in [6, 6.07) is 13.6. The molecule has 0 saturated heterocycles. The van der Waals surface area contributed by atoms with Gasteiger partial charge >= 0.3 is 0 Å². The van der Waals surface area contributed by atoms with Crippen LogP contribution < -0.4 is 0 Å². The Morgan fingerprint density at radius 2 is 1.47 bits per heavy atom. The van der Waals surface area contributed by atoms with Crippen molar-refractivity contribution in [3.63, 3.8) is 0 Å². The molecule has 2 aromatic carbocycles. The van der Waals surface area contributed by atoms with Gasteiger partial charge < -0.3 is 0 Å². The maximum Gasteiger partial charge on any atom is 0.261 e. The van der Waals surface area contributed by atoms with Crippen molar-refractivity contribution in [1.29, 1.82) is 0 Å². The van der Waals surface area contributed by atoms with Gasteiger partial charge in [-0.25, -0.2) is 8.42 Å². The third kappa shape index (κ3) is 3.00. The lowest BCUT2D eigenvalue weighted by Crippen LogP contribution is -1.90. The molecule has 0 amide bonds. The Morgan fingerprint density at radius 1 is 0.882 bits per heavy atom. The van der Waals surface area contributed by atoms with Gasteiger partial charge in [-0.2, -0.15) is 0 Å². The molecule has 0 aliphatic heterocycles. The van der Waals surface area contributed by atoms with Crippen molar-refractivity contribution in [2.24, 2.45) is 0 Å². The summed E-state index contributed by atoms with van der Waals surface area (Å²) in [4.78, 5) is 0.0802. The zero-order valence-electron chi connectivity index (χ0n) is 8.60. The van der Waals surface area contributed by atoms with Crippen molar-refractivity contribution in [3.8, 4) is 11.1 Å². The van der Waals surface area contributed by atoms with Gasteiger partial charge in [0.1, 0.15) is 0 Å². The lowest BCUT2D eigenvalue weighted by atomic mass is 10.1. The monoisotopic (exact) mass is 286 g/mol. The van der Waals surface area contributed by atoms with Crippen LogP contribution in [-0.2, 0) is 9.05 Å². The molecular formula is C12H8Cl2O2S. The van der Waals surface area contributed by atoms with Crippen LogP contribution in [0.5, 0.6) is 0 Å². The van der Waals surface area contributed by atoms with E-state index in [1.165, 1.54) is 12.1 Å². The summed E-state index contributed by atoms with van der Waals surface area (Å²) < 4.78 is 22.4. The molecule has 17 heavy (non-hydrogen) atoms.